The highest BCUT2D eigenvalue weighted by Crippen LogP contribution is 2.36. The third-order valence-electron chi connectivity index (χ3n) is 4.53. The van der Waals surface area contributed by atoms with Crippen LogP contribution in [0.2, 0.25) is 5.02 Å². The third-order valence-corrected chi connectivity index (χ3v) is 4.89. The number of amides is 2. The molecule has 26 heavy (non-hydrogen) atoms. The molecule has 1 aliphatic rings. The zero-order chi connectivity index (χ0) is 18.8. The molecule has 0 radical (unpaired) electrons. The average Bonchev–Trinajstić information content (AvgIpc) is 2.64. The van der Waals surface area contributed by atoms with Crippen molar-refractivity contribution in [1.29, 1.82) is 0 Å². The molecule has 136 valence electrons. The molecule has 1 aromatic heterocycles. The van der Waals surface area contributed by atoms with E-state index in [0.29, 0.717) is 22.9 Å². The number of anilines is 2. The number of nitrogens with zero attached hydrogens (tertiary/aromatic N) is 2. The maximum Gasteiger partial charge on any atom is 0.258 e. The number of rotatable bonds is 3. The molecule has 0 atom stereocenters. The van der Waals surface area contributed by atoms with Crippen LogP contribution in [0, 0.1) is 12.8 Å². The maximum absolute atomic E-state index is 13.1. The maximum atomic E-state index is 13.1. The van der Waals surface area contributed by atoms with Crippen molar-refractivity contribution >= 4 is 34.9 Å². The van der Waals surface area contributed by atoms with E-state index in [9.17, 15) is 9.59 Å². The quantitative estimate of drug-likeness (QED) is 0.878. The Kier molecular flexibility index (Phi) is 5.28. The lowest BCUT2D eigenvalue weighted by molar-refractivity contribution is -0.118. The number of pyridine rings is 1. The Morgan fingerprint density at radius 3 is 2.77 bits per heavy atom. The summed E-state index contributed by atoms with van der Waals surface area (Å²) in [5.74, 6) is -0.0173. The minimum absolute atomic E-state index is 0.112. The van der Waals surface area contributed by atoms with Crippen molar-refractivity contribution in [3.8, 4) is 0 Å². The first-order chi connectivity index (χ1) is 12.4. The van der Waals surface area contributed by atoms with Crippen LogP contribution in [0.15, 0.2) is 30.5 Å². The van der Waals surface area contributed by atoms with Gasteiger partial charge in [0.2, 0.25) is 5.91 Å². The molecule has 5 nitrogen and oxygen atoms in total. The second-order valence-corrected chi connectivity index (χ2v) is 7.23. The van der Waals surface area contributed by atoms with Crippen LogP contribution in [0.1, 0.15) is 41.8 Å². The first-order valence-corrected chi connectivity index (χ1v) is 9.13. The predicted molar refractivity (Wildman–Crippen MR) is 104 cm³/mol. The second kappa shape index (κ2) is 7.46. The Bertz CT molecular complexity index is 864. The molecule has 2 aromatic rings. The first kappa shape index (κ1) is 18.4. The lowest BCUT2D eigenvalue weighted by atomic mass is 9.97. The molecule has 0 spiro atoms. The van der Waals surface area contributed by atoms with Gasteiger partial charge in [-0.2, -0.15) is 0 Å². The van der Waals surface area contributed by atoms with Gasteiger partial charge in [0.1, 0.15) is 5.82 Å². The Hall–Kier alpha value is -2.40. The van der Waals surface area contributed by atoms with E-state index in [0.717, 1.165) is 29.7 Å². The molecule has 1 N–H and O–H groups in total. The molecule has 2 amide bonds. The van der Waals surface area contributed by atoms with Crippen LogP contribution < -0.4 is 10.2 Å². The van der Waals surface area contributed by atoms with Crippen molar-refractivity contribution in [2.24, 2.45) is 5.92 Å². The van der Waals surface area contributed by atoms with Crippen LogP contribution in [0.5, 0.6) is 0 Å². The van der Waals surface area contributed by atoms with Gasteiger partial charge < -0.3 is 10.2 Å². The third kappa shape index (κ3) is 3.58. The second-order valence-electron chi connectivity index (χ2n) is 6.83. The minimum atomic E-state index is -0.157. The monoisotopic (exact) mass is 371 g/mol. The Balaban J connectivity index is 1.92. The molecule has 1 aromatic carbocycles. The van der Waals surface area contributed by atoms with Gasteiger partial charge in [0.25, 0.3) is 5.91 Å². The van der Waals surface area contributed by atoms with E-state index in [1.165, 1.54) is 0 Å². The number of nitrogens with one attached hydrogen (secondary N) is 1. The van der Waals surface area contributed by atoms with Gasteiger partial charge in [0, 0.05) is 29.2 Å². The summed E-state index contributed by atoms with van der Waals surface area (Å²) in [6, 6.07) is 7.11. The topological polar surface area (TPSA) is 62.3 Å². The average molecular weight is 372 g/mol. The number of hydrogen-bond donors (Lipinski definition) is 1. The standard InChI is InChI=1S/C20H22ClN3O2/c1-12(2)19(25)23-17-11-14(8-9-22-17)20(26)24-10-4-5-15-16(21)7-6-13(3)18(15)24/h6-9,11-12H,4-5,10H2,1-3H3,(H,22,23,25). The fraction of sp³-hybridized carbons (Fsp3) is 0.350. The summed E-state index contributed by atoms with van der Waals surface area (Å²) < 4.78 is 0. The van der Waals surface area contributed by atoms with Crippen LogP contribution in [0.3, 0.4) is 0 Å². The minimum Gasteiger partial charge on any atom is -0.310 e. The molecular weight excluding hydrogens is 350 g/mol. The Labute approximate surface area is 158 Å². The molecular formula is C20H22ClN3O2. The van der Waals surface area contributed by atoms with Crippen molar-refractivity contribution in [3.05, 3.63) is 52.2 Å². The highest BCUT2D eigenvalue weighted by Gasteiger charge is 2.27. The van der Waals surface area contributed by atoms with E-state index >= 15 is 0 Å². The molecule has 1 aliphatic heterocycles. The number of halogens is 1. The summed E-state index contributed by atoms with van der Waals surface area (Å²) in [6.45, 7) is 6.24. The van der Waals surface area contributed by atoms with E-state index in [-0.39, 0.29) is 17.7 Å². The van der Waals surface area contributed by atoms with Gasteiger partial charge in [-0.1, -0.05) is 31.5 Å². The summed E-state index contributed by atoms with van der Waals surface area (Å²) >= 11 is 6.35. The van der Waals surface area contributed by atoms with Crippen molar-refractivity contribution in [3.63, 3.8) is 0 Å². The lowest BCUT2D eigenvalue weighted by Gasteiger charge is -2.31. The zero-order valence-corrected chi connectivity index (χ0v) is 15.9. The van der Waals surface area contributed by atoms with E-state index in [1.54, 1.807) is 23.2 Å². The fourth-order valence-electron chi connectivity index (χ4n) is 3.13. The Morgan fingerprint density at radius 1 is 1.27 bits per heavy atom. The molecule has 0 saturated heterocycles. The van der Waals surface area contributed by atoms with Gasteiger partial charge in [-0.3, -0.25) is 9.59 Å². The molecule has 2 heterocycles. The van der Waals surface area contributed by atoms with E-state index in [2.05, 4.69) is 10.3 Å². The van der Waals surface area contributed by atoms with Crippen LogP contribution in [-0.4, -0.2) is 23.3 Å². The molecule has 0 unspecified atom stereocenters. The van der Waals surface area contributed by atoms with E-state index < -0.39 is 0 Å². The number of benzene rings is 1. The highest BCUT2D eigenvalue weighted by molar-refractivity contribution is 6.32. The van der Waals surface area contributed by atoms with Crippen LogP contribution in [0.4, 0.5) is 11.5 Å². The van der Waals surface area contributed by atoms with E-state index in [1.807, 2.05) is 32.9 Å². The molecule has 0 saturated carbocycles. The summed E-state index contributed by atoms with van der Waals surface area (Å²) in [4.78, 5) is 30.9. The number of aromatic nitrogens is 1. The van der Waals surface area contributed by atoms with Gasteiger partial charge in [-0.15, -0.1) is 0 Å². The summed E-state index contributed by atoms with van der Waals surface area (Å²) in [5.41, 5.74) is 3.44. The summed E-state index contributed by atoms with van der Waals surface area (Å²) in [7, 11) is 0. The van der Waals surface area contributed by atoms with Crippen LogP contribution in [-0.2, 0) is 11.2 Å². The predicted octanol–water partition coefficient (Wildman–Crippen LogP) is 4.23. The van der Waals surface area contributed by atoms with Gasteiger partial charge >= 0.3 is 0 Å². The zero-order valence-electron chi connectivity index (χ0n) is 15.2. The lowest BCUT2D eigenvalue weighted by Crippen LogP contribution is -2.36. The fourth-order valence-corrected chi connectivity index (χ4v) is 3.38. The van der Waals surface area contributed by atoms with Crippen LogP contribution >= 0.6 is 11.6 Å². The largest absolute Gasteiger partial charge is 0.310 e. The SMILES string of the molecule is Cc1ccc(Cl)c2c1N(C(=O)c1ccnc(NC(=O)C(C)C)c1)CCC2. The first-order valence-electron chi connectivity index (χ1n) is 8.75. The van der Waals surface area contributed by atoms with Crippen molar-refractivity contribution in [1.82, 2.24) is 4.98 Å². The van der Waals surface area contributed by atoms with Crippen molar-refractivity contribution in [2.45, 2.75) is 33.6 Å². The number of carbonyl (C=O) groups is 2. The molecule has 0 aliphatic carbocycles. The molecule has 0 bridgehead atoms. The Morgan fingerprint density at radius 2 is 2.04 bits per heavy atom. The summed E-state index contributed by atoms with van der Waals surface area (Å²) in [6.07, 6.45) is 3.27. The number of aryl methyl sites for hydroxylation is 1. The van der Waals surface area contributed by atoms with Gasteiger partial charge in [-0.25, -0.2) is 4.98 Å². The van der Waals surface area contributed by atoms with Crippen molar-refractivity contribution < 1.29 is 9.59 Å². The molecule has 3 rings (SSSR count). The molecule has 0 fully saturated rings. The van der Waals surface area contributed by atoms with Crippen molar-refractivity contribution in [2.75, 3.05) is 16.8 Å². The summed E-state index contributed by atoms with van der Waals surface area (Å²) in [5, 5.41) is 3.43. The van der Waals surface area contributed by atoms with E-state index in [4.69, 9.17) is 11.6 Å². The molecule has 6 heteroatoms. The normalized spacial score (nSPS) is 13.5. The number of fused-ring (bicyclic) bond motifs is 1. The van der Waals surface area contributed by atoms with Gasteiger partial charge in [-0.05, 0) is 49.1 Å². The number of hydrogen-bond acceptors (Lipinski definition) is 3. The van der Waals surface area contributed by atoms with Gasteiger partial charge in [0.15, 0.2) is 0 Å². The van der Waals surface area contributed by atoms with Gasteiger partial charge in [0.05, 0.1) is 5.69 Å². The smallest absolute Gasteiger partial charge is 0.258 e. The highest BCUT2D eigenvalue weighted by atomic mass is 35.5. The number of carbonyl (C=O) groups excluding carboxylic acids is 2. The van der Waals surface area contributed by atoms with Crippen LogP contribution in [0.25, 0.3) is 0 Å².